The quantitative estimate of drug-likeness (QED) is 0.901. The summed E-state index contributed by atoms with van der Waals surface area (Å²) in [6, 6.07) is 1.78. The first kappa shape index (κ1) is 15.7. The fourth-order valence-electron chi connectivity index (χ4n) is 2.51. The molecule has 1 aliphatic heterocycles. The molecule has 1 saturated heterocycles. The number of nitrogens with one attached hydrogen (secondary N) is 2. The number of piperidine rings is 1. The molecule has 21 heavy (non-hydrogen) atoms. The number of rotatable bonds is 3. The Labute approximate surface area is 129 Å². The molecule has 2 N–H and O–H groups in total. The molecule has 0 spiro atoms. The number of fused-ring (bicyclic) bond motifs is 1. The predicted octanol–water partition coefficient (Wildman–Crippen LogP) is 1.68. The molecule has 3 heterocycles. The number of halogens is 1. The summed E-state index contributed by atoms with van der Waals surface area (Å²) in [5.41, 5.74) is 1.77. The molecule has 1 atom stereocenters. The zero-order chi connectivity index (χ0) is 13.9. The minimum Gasteiger partial charge on any atom is -0.352 e. The van der Waals surface area contributed by atoms with Gasteiger partial charge in [-0.05, 0) is 44.8 Å². The van der Waals surface area contributed by atoms with Crippen LogP contribution in [0.5, 0.6) is 0 Å². The van der Waals surface area contributed by atoms with Crippen molar-refractivity contribution in [2.45, 2.75) is 19.8 Å². The number of carbonyl (C=O) groups excluding carboxylic acids is 1. The van der Waals surface area contributed by atoms with Crippen LogP contribution in [0.4, 0.5) is 0 Å². The number of carbonyl (C=O) groups is 1. The lowest BCUT2D eigenvalue weighted by Gasteiger charge is -2.22. The number of nitrogens with zero attached hydrogens (tertiary/aromatic N) is 2. The van der Waals surface area contributed by atoms with E-state index in [2.05, 4.69) is 20.8 Å². The maximum atomic E-state index is 12.1. The summed E-state index contributed by atoms with van der Waals surface area (Å²) < 4.78 is 5.04. The van der Waals surface area contributed by atoms with E-state index >= 15 is 0 Å². The van der Waals surface area contributed by atoms with Gasteiger partial charge in [-0.1, -0.05) is 5.16 Å². The lowest BCUT2D eigenvalue weighted by atomic mass is 10.00. The largest absolute Gasteiger partial charge is 0.352 e. The first-order valence-electron chi connectivity index (χ1n) is 6.95. The number of hydrogen-bond donors (Lipinski definition) is 2. The minimum absolute atomic E-state index is 0. The van der Waals surface area contributed by atoms with Crippen molar-refractivity contribution in [2.24, 2.45) is 5.92 Å². The molecule has 3 rings (SSSR count). The lowest BCUT2D eigenvalue weighted by Crippen LogP contribution is -2.38. The molecule has 0 aromatic carbocycles. The van der Waals surface area contributed by atoms with Gasteiger partial charge >= 0.3 is 0 Å². The molecule has 1 fully saturated rings. The summed E-state index contributed by atoms with van der Waals surface area (Å²) in [6.07, 6.45) is 3.87. The van der Waals surface area contributed by atoms with Gasteiger partial charge < -0.3 is 15.2 Å². The summed E-state index contributed by atoms with van der Waals surface area (Å²) in [6.45, 7) is 4.59. The van der Waals surface area contributed by atoms with E-state index in [4.69, 9.17) is 4.52 Å². The van der Waals surface area contributed by atoms with E-state index in [0.717, 1.165) is 30.6 Å². The molecule has 114 valence electrons. The van der Waals surface area contributed by atoms with E-state index in [0.29, 0.717) is 23.7 Å². The van der Waals surface area contributed by atoms with E-state index in [1.54, 1.807) is 6.07 Å². The first-order valence-corrected chi connectivity index (χ1v) is 6.95. The second-order valence-electron chi connectivity index (χ2n) is 5.27. The molecule has 0 saturated carbocycles. The fraction of sp³-hybridized carbons (Fsp3) is 0.500. The zero-order valence-corrected chi connectivity index (χ0v) is 12.7. The Morgan fingerprint density at radius 3 is 3.19 bits per heavy atom. The number of hydrogen-bond acceptors (Lipinski definition) is 5. The molecular weight excluding hydrogens is 292 g/mol. The van der Waals surface area contributed by atoms with Crippen molar-refractivity contribution in [3.8, 4) is 0 Å². The third kappa shape index (κ3) is 3.51. The van der Waals surface area contributed by atoms with Crippen molar-refractivity contribution < 1.29 is 9.32 Å². The maximum absolute atomic E-state index is 12.1. The fourth-order valence-corrected chi connectivity index (χ4v) is 2.51. The van der Waals surface area contributed by atoms with Gasteiger partial charge in [-0.3, -0.25) is 4.79 Å². The Morgan fingerprint density at radius 1 is 1.57 bits per heavy atom. The Balaban J connectivity index is 0.00000161. The molecule has 2 aromatic rings. The van der Waals surface area contributed by atoms with Gasteiger partial charge in [0.05, 0.1) is 16.6 Å². The van der Waals surface area contributed by atoms with E-state index in [9.17, 15) is 4.79 Å². The second kappa shape index (κ2) is 6.87. The van der Waals surface area contributed by atoms with Gasteiger partial charge in [-0.25, -0.2) is 4.98 Å². The van der Waals surface area contributed by atoms with Crippen LogP contribution in [0.25, 0.3) is 11.1 Å². The second-order valence-corrected chi connectivity index (χ2v) is 5.27. The van der Waals surface area contributed by atoms with Crippen LogP contribution in [0.1, 0.15) is 28.9 Å². The van der Waals surface area contributed by atoms with Crippen molar-refractivity contribution in [1.82, 2.24) is 20.8 Å². The van der Waals surface area contributed by atoms with Crippen LogP contribution >= 0.6 is 12.4 Å². The van der Waals surface area contributed by atoms with Crippen LogP contribution in [0, 0.1) is 12.8 Å². The highest BCUT2D eigenvalue weighted by Gasteiger charge is 2.15. The van der Waals surface area contributed by atoms with Crippen LogP contribution in [-0.4, -0.2) is 35.7 Å². The normalized spacial score (nSPS) is 18.2. The van der Waals surface area contributed by atoms with E-state index in [1.165, 1.54) is 12.6 Å². The van der Waals surface area contributed by atoms with Gasteiger partial charge in [0.1, 0.15) is 0 Å². The van der Waals surface area contributed by atoms with Gasteiger partial charge in [0, 0.05) is 12.7 Å². The molecule has 1 amide bonds. The van der Waals surface area contributed by atoms with Crippen LogP contribution in [0.15, 0.2) is 16.8 Å². The summed E-state index contributed by atoms with van der Waals surface area (Å²) in [4.78, 5) is 16.3. The number of pyridine rings is 1. The monoisotopic (exact) mass is 310 g/mol. The predicted molar refractivity (Wildman–Crippen MR) is 81.7 cm³/mol. The van der Waals surface area contributed by atoms with Crippen molar-refractivity contribution in [3.63, 3.8) is 0 Å². The van der Waals surface area contributed by atoms with Gasteiger partial charge in [-0.15, -0.1) is 12.4 Å². The molecule has 7 heteroatoms. The highest BCUT2D eigenvalue weighted by Crippen LogP contribution is 2.16. The molecule has 1 unspecified atom stereocenters. The average molecular weight is 311 g/mol. The molecule has 0 bridgehead atoms. The molecule has 0 radical (unpaired) electrons. The van der Waals surface area contributed by atoms with Crippen LogP contribution in [-0.2, 0) is 0 Å². The van der Waals surface area contributed by atoms with Crippen LogP contribution in [0.2, 0.25) is 0 Å². The van der Waals surface area contributed by atoms with E-state index in [1.807, 2.05) is 6.92 Å². The molecular formula is C14H19ClN4O2. The molecule has 1 aliphatic rings. The summed E-state index contributed by atoms with van der Waals surface area (Å²) in [5.74, 6) is 0.423. The summed E-state index contributed by atoms with van der Waals surface area (Å²) in [5, 5.41) is 10.9. The SMILES string of the molecule is Cc1noc2ncc(C(=O)NCC3CCCNC3)cc12.Cl. The Bertz CT molecular complexity index is 622. The minimum atomic E-state index is -0.0921. The highest BCUT2D eigenvalue weighted by molar-refractivity contribution is 5.96. The molecule has 0 aliphatic carbocycles. The Kier molecular flexibility index (Phi) is 5.14. The standard InChI is InChI=1S/C14H18N4O2.ClH/c1-9-12-5-11(8-17-14(12)20-18-9)13(19)16-7-10-3-2-4-15-6-10;/h5,8,10,15H,2-4,6-7H2,1H3,(H,16,19);1H. The lowest BCUT2D eigenvalue weighted by molar-refractivity contribution is 0.0944. The first-order chi connectivity index (χ1) is 9.74. The summed E-state index contributed by atoms with van der Waals surface area (Å²) in [7, 11) is 0. The third-order valence-electron chi connectivity index (χ3n) is 3.72. The smallest absolute Gasteiger partial charge is 0.257 e. The van der Waals surface area contributed by atoms with E-state index in [-0.39, 0.29) is 18.3 Å². The van der Waals surface area contributed by atoms with Crippen molar-refractivity contribution in [2.75, 3.05) is 19.6 Å². The number of aryl methyl sites for hydroxylation is 1. The van der Waals surface area contributed by atoms with Gasteiger partial charge in [0.25, 0.3) is 11.6 Å². The van der Waals surface area contributed by atoms with Gasteiger partial charge in [-0.2, -0.15) is 0 Å². The zero-order valence-electron chi connectivity index (χ0n) is 11.9. The van der Waals surface area contributed by atoms with Crippen molar-refractivity contribution in [3.05, 3.63) is 23.5 Å². The van der Waals surface area contributed by atoms with Crippen molar-refractivity contribution >= 4 is 29.4 Å². The van der Waals surface area contributed by atoms with Crippen LogP contribution < -0.4 is 10.6 Å². The Morgan fingerprint density at radius 2 is 2.43 bits per heavy atom. The summed E-state index contributed by atoms with van der Waals surface area (Å²) >= 11 is 0. The number of amides is 1. The molecule has 2 aromatic heterocycles. The third-order valence-corrected chi connectivity index (χ3v) is 3.72. The highest BCUT2D eigenvalue weighted by atomic mass is 35.5. The number of aromatic nitrogens is 2. The van der Waals surface area contributed by atoms with Gasteiger partial charge in [0.15, 0.2) is 0 Å². The van der Waals surface area contributed by atoms with Crippen molar-refractivity contribution in [1.29, 1.82) is 0 Å². The molecule has 6 nitrogen and oxygen atoms in total. The average Bonchev–Trinajstić information content (AvgIpc) is 2.87. The maximum Gasteiger partial charge on any atom is 0.257 e. The van der Waals surface area contributed by atoms with E-state index < -0.39 is 0 Å². The Hall–Kier alpha value is -1.66. The topological polar surface area (TPSA) is 80.0 Å². The van der Waals surface area contributed by atoms with Crippen LogP contribution in [0.3, 0.4) is 0 Å². The van der Waals surface area contributed by atoms with Gasteiger partial charge in [0.2, 0.25) is 0 Å².